The lowest BCUT2D eigenvalue weighted by molar-refractivity contribution is 0.111. The molecular weight excluding hydrogens is 320 g/mol. The van der Waals surface area contributed by atoms with Gasteiger partial charge in [0, 0.05) is 16.0 Å². The number of thiazole rings is 1. The Bertz CT molecular complexity index is 952. The van der Waals surface area contributed by atoms with Gasteiger partial charge < -0.3 is 4.42 Å². The minimum Gasteiger partial charge on any atom is -0.463 e. The maximum atomic E-state index is 11.6. The second-order valence-corrected chi connectivity index (χ2v) is 5.96. The van der Waals surface area contributed by atoms with Crippen molar-refractivity contribution in [1.82, 2.24) is 9.38 Å². The van der Waals surface area contributed by atoms with Crippen LogP contribution in [0.3, 0.4) is 0 Å². The van der Waals surface area contributed by atoms with E-state index in [0.717, 1.165) is 22.5 Å². The largest absolute Gasteiger partial charge is 0.463 e. The molecule has 3 heterocycles. The van der Waals surface area contributed by atoms with Crippen molar-refractivity contribution < 1.29 is 9.21 Å². The predicted octanol–water partition coefficient (Wildman–Crippen LogP) is 4.79. The number of imidazole rings is 1. The van der Waals surface area contributed by atoms with Gasteiger partial charge in [-0.3, -0.25) is 9.20 Å². The molecule has 4 rings (SSSR count). The summed E-state index contributed by atoms with van der Waals surface area (Å²) in [5.74, 6) is 0.703. The molecule has 0 N–H and O–H groups in total. The van der Waals surface area contributed by atoms with Crippen LogP contribution in [0.1, 0.15) is 10.5 Å². The standard InChI is InChI=1S/C16H9ClN2O2S/c17-11-5-3-10(4-6-11)15-12(8-20)19-13(9-22-16(19)18-15)14-2-1-7-21-14/h1-9H. The molecule has 3 aromatic heterocycles. The highest BCUT2D eigenvalue weighted by molar-refractivity contribution is 7.15. The van der Waals surface area contributed by atoms with Gasteiger partial charge >= 0.3 is 0 Å². The van der Waals surface area contributed by atoms with Crippen molar-refractivity contribution in [3.05, 3.63) is 58.8 Å². The fraction of sp³-hybridized carbons (Fsp3) is 0. The maximum Gasteiger partial charge on any atom is 0.195 e. The summed E-state index contributed by atoms with van der Waals surface area (Å²) in [5.41, 5.74) is 2.82. The van der Waals surface area contributed by atoms with E-state index in [-0.39, 0.29) is 0 Å². The van der Waals surface area contributed by atoms with Gasteiger partial charge in [0.15, 0.2) is 17.0 Å². The molecule has 0 aliphatic heterocycles. The summed E-state index contributed by atoms with van der Waals surface area (Å²) in [6.45, 7) is 0. The minimum absolute atomic E-state index is 0.505. The van der Waals surface area contributed by atoms with E-state index in [2.05, 4.69) is 4.98 Å². The molecule has 0 radical (unpaired) electrons. The third-order valence-electron chi connectivity index (χ3n) is 3.40. The summed E-state index contributed by atoms with van der Waals surface area (Å²) in [6.07, 6.45) is 2.43. The number of furan rings is 1. The van der Waals surface area contributed by atoms with Gasteiger partial charge in [-0.2, -0.15) is 0 Å². The number of hydrogen-bond donors (Lipinski definition) is 0. The van der Waals surface area contributed by atoms with E-state index in [4.69, 9.17) is 16.0 Å². The molecule has 0 atom stereocenters. The third-order valence-corrected chi connectivity index (χ3v) is 4.48. The Morgan fingerprint density at radius 2 is 2.05 bits per heavy atom. The summed E-state index contributed by atoms with van der Waals surface area (Å²) in [7, 11) is 0. The SMILES string of the molecule is O=Cc1c(-c2ccc(Cl)cc2)nc2scc(-c3ccco3)n12. The number of hydrogen-bond acceptors (Lipinski definition) is 4. The molecule has 1 aromatic carbocycles. The lowest BCUT2D eigenvalue weighted by atomic mass is 10.1. The van der Waals surface area contributed by atoms with Gasteiger partial charge in [-0.25, -0.2) is 4.98 Å². The highest BCUT2D eigenvalue weighted by Gasteiger charge is 2.19. The lowest BCUT2D eigenvalue weighted by Gasteiger charge is -2.00. The maximum absolute atomic E-state index is 11.6. The van der Waals surface area contributed by atoms with E-state index in [0.29, 0.717) is 22.2 Å². The van der Waals surface area contributed by atoms with E-state index < -0.39 is 0 Å². The van der Waals surface area contributed by atoms with Crippen LogP contribution in [0.15, 0.2) is 52.5 Å². The molecule has 0 aliphatic rings. The number of carbonyl (C=O) groups is 1. The van der Waals surface area contributed by atoms with E-state index >= 15 is 0 Å². The Hall–Kier alpha value is -2.37. The van der Waals surface area contributed by atoms with Crippen molar-refractivity contribution in [2.75, 3.05) is 0 Å². The number of nitrogens with zero attached hydrogens (tertiary/aromatic N) is 2. The molecular formula is C16H9ClN2O2S. The number of fused-ring (bicyclic) bond motifs is 1. The molecule has 6 heteroatoms. The van der Waals surface area contributed by atoms with Crippen LogP contribution in [0, 0.1) is 0 Å². The molecule has 4 nitrogen and oxygen atoms in total. The van der Waals surface area contributed by atoms with Crippen molar-refractivity contribution in [3.8, 4) is 22.7 Å². The van der Waals surface area contributed by atoms with Crippen LogP contribution >= 0.6 is 22.9 Å². The second kappa shape index (κ2) is 5.12. The first-order valence-corrected chi connectivity index (χ1v) is 7.78. The highest BCUT2D eigenvalue weighted by Crippen LogP contribution is 2.32. The zero-order chi connectivity index (χ0) is 15.1. The summed E-state index contributed by atoms with van der Waals surface area (Å²) >= 11 is 7.38. The fourth-order valence-electron chi connectivity index (χ4n) is 2.41. The molecule has 0 saturated carbocycles. The topological polar surface area (TPSA) is 47.5 Å². The number of carbonyl (C=O) groups excluding carboxylic acids is 1. The van der Waals surface area contributed by atoms with Crippen LogP contribution in [0.4, 0.5) is 0 Å². The molecule has 0 aliphatic carbocycles. The fourth-order valence-corrected chi connectivity index (χ4v) is 3.42. The van der Waals surface area contributed by atoms with Crippen molar-refractivity contribution in [3.63, 3.8) is 0 Å². The molecule has 0 spiro atoms. The molecule has 0 amide bonds. The Labute approximate surface area is 134 Å². The normalized spacial score (nSPS) is 11.1. The minimum atomic E-state index is 0.505. The first-order valence-electron chi connectivity index (χ1n) is 6.53. The van der Waals surface area contributed by atoms with Crippen LogP contribution < -0.4 is 0 Å². The lowest BCUT2D eigenvalue weighted by Crippen LogP contribution is -1.93. The quantitative estimate of drug-likeness (QED) is 0.508. The average molecular weight is 329 g/mol. The smallest absolute Gasteiger partial charge is 0.195 e. The monoisotopic (exact) mass is 328 g/mol. The van der Waals surface area contributed by atoms with Crippen LogP contribution in [-0.4, -0.2) is 15.7 Å². The summed E-state index contributed by atoms with van der Waals surface area (Å²) < 4.78 is 7.26. The van der Waals surface area contributed by atoms with E-state index in [1.807, 2.05) is 34.0 Å². The molecule has 0 saturated heterocycles. The Balaban J connectivity index is 1.98. The third kappa shape index (κ3) is 1.98. The van der Waals surface area contributed by atoms with Crippen molar-refractivity contribution >= 4 is 34.2 Å². The number of rotatable bonds is 3. The number of halogens is 1. The van der Waals surface area contributed by atoms with Crippen molar-refractivity contribution in [1.29, 1.82) is 0 Å². The van der Waals surface area contributed by atoms with Crippen LogP contribution in [0.5, 0.6) is 0 Å². The molecule has 0 fully saturated rings. The van der Waals surface area contributed by atoms with Gasteiger partial charge in [0.2, 0.25) is 0 Å². The molecule has 0 unspecified atom stereocenters. The van der Waals surface area contributed by atoms with Gasteiger partial charge in [0.05, 0.1) is 6.26 Å². The number of benzene rings is 1. The van der Waals surface area contributed by atoms with E-state index in [1.165, 1.54) is 11.3 Å². The van der Waals surface area contributed by atoms with Crippen LogP contribution in [0.25, 0.3) is 27.7 Å². The van der Waals surface area contributed by atoms with E-state index in [9.17, 15) is 4.79 Å². The summed E-state index contributed by atoms with van der Waals surface area (Å²) in [6, 6.07) is 11.0. The predicted molar refractivity (Wildman–Crippen MR) is 86.6 cm³/mol. The van der Waals surface area contributed by atoms with Crippen LogP contribution in [-0.2, 0) is 0 Å². The summed E-state index contributed by atoms with van der Waals surface area (Å²) in [5, 5.41) is 2.58. The Morgan fingerprint density at radius 1 is 1.23 bits per heavy atom. The number of aldehydes is 1. The van der Waals surface area contributed by atoms with Crippen molar-refractivity contribution in [2.24, 2.45) is 0 Å². The Kier molecular flexibility index (Phi) is 3.10. The van der Waals surface area contributed by atoms with Gasteiger partial charge in [0.1, 0.15) is 17.1 Å². The van der Waals surface area contributed by atoms with Gasteiger partial charge in [-0.15, -0.1) is 11.3 Å². The second-order valence-electron chi connectivity index (χ2n) is 4.69. The van der Waals surface area contributed by atoms with Crippen LogP contribution in [0.2, 0.25) is 5.02 Å². The molecule has 108 valence electrons. The summed E-state index contributed by atoms with van der Waals surface area (Å²) in [4.78, 5) is 17.0. The molecule has 22 heavy (non-hydrogen) atoms. The highest BCUT2D eigenvalue weighted by atomic mass is 35.5. The molecule has 0 bridgehead atoms. The Morgan fingerprint density at radius 3 is 2.73 bits per heavy atom. The van der Waals surface area contributed by atoms with E-state index in [1.54, 1.807) is 18.4 Å². The molecule has 4 aromatic rings. The van der Waals surface area contributed by atoms with Crippen molar-refractivity contribution in [2.45, 2.75) is 0 Å². The van der Waals surface area contributed by atoms with Gasteiger partial charge in [0.25, 0.3) is 0 Å². The zero-order valence-corrected chi connectivity index (χ0v) is 12.8. The van der Waals surface area contributed by atoms with Gasteiger partial charge in [-0.05, 0) is 24.3 Å². The first kappa shape index (κ1) is 13.3. The van der Waals surface area contributed by atoms with Gasteiger partial charge in [-0.1, -0.05) is 23.7 Å². The first-order chi connectivity index (χ1) is 10.8. The zero-order valence-electron chi connectivity index (χ0n) is 11.2. The average Bonchev–Trinajstić information content (AvgIpc) is 3.23. The number of aromatic nitrogens is 2.